The zero-order valence-corrected chi connectivity index (χ0v) is 6.78. The smallest absolute Gasteiger partial charge is 0.0392 e. The van der Waals surface area contributed by atoms with Gasteiger partial charge in [-0.3, -0.25) is 0 Å². The summed E-state index contributed by atoms with van der Waals surface area (Å²) >= 11 is 4.11. The van der Waals surface area contributed by atoms with Crippen molar-refractivity contribution in [3.05, 3.63) is 5.92 Å². The van der Waals surface area contributed by atoms with Gasteiger partial charge >= 0.3 is 0 Å². The number of rotatable bonds is 1. The van der Waals surface area contributed by atoms with Gasteiger partial charge in [-0.1, -0.05) is 6.92 Å². The third-order valence-electron chi connectivity index (χ3n) is 1.28. The standard InChI is InChI=1S/C6H11S2/c1-2-6-3-7-5-8-4-6/h2-5H2,1H3. The molecule has 2 heteroatoms. The van der Waals surface area contributed by atoms with Gasteiger partial charge in [0.1, 0.15) is 0 Å². The van der Waals surface area contributed by atoms with E-state index >= 15 is 0 Å². The maximum atomic E-state index is 2.25. The van der Waals surface area contributed by atoms with Crippen LogP contribution in [0.1, 0.15) is 13.3 Å². The summed E-state index contributed by atoms with van der Waals surface area (Å²) in [4.78, 5) is 0. The Hall–Kier alpha value is 0.700. The van der Waals surface area contributed by atoms with Crippen LogP contribution in [0.15, 0.2) is 0 Å². The van der Waals surface area contributed by atoms with Crippen molar-refractivity contribution in [2.45, 2.75) is 13.3 Å². The van der Waals surface area contributed by atoms with Gasteiger partial charge < -0.3 is 0 Å². The minimum absolute atomic E-state index is 1.29. The third kappa shape index (κ3) is 1.90. The highest BCUT2D eigenvalue weighted by atomic mass is 32.2. The molecule has 8 heavy (non-hydrogen) atoms. The predicted octanol–water partition coefficient (Wildman–Crippen LogP) is 2.41. The van der Waals surface area contributed by atoms with E-state index in [-0.39, 0.29) is 0 Å². The fourth-order valence-electron chi connectivity index (χ4n) is 0.677. The van der Waals surface area contributed by atoms with Crippen molar-refractivity contribution < 1.29 is 0 Å². The molecular formula is C6H11S2. The molecule has 0 aromatic rings. The predicted molar refractivity (Wildman–Crippen MR) is 43.3 cm³/mol. The summed E-state index contributed by atoms with van der Waals surface area (Å²) in [6.45, 7) is 2.25. The minimum atomic E-state index is 1.29. The van der Waals surface area contributed by atoms with E-state index in [2.05, 4.69) is 30.4 Å². The summed E-state index contributed by atoms with van der Waals surface area (Å²) in [5.41, 5.74) is 0. The Morgan fingerprint density at radius 2 is 2.00 bits per heavy atom. The number of thioether (sulfide) groups is 2. The van der Waals surface area contributed by atoms with E-state index in [0.717, 1.165) is 0 Å². The van der Waals surface area contributed by atoms with E-state index < -0.39 is 0 Å². The molecule has 1 radical (unpaired) electrons. The first kappa shape index (κ1) is 6.81. The Morgan fingerprint density at radius 3 is 2.38 bits per heavy atom. The van der Waals surface area contributed by atoms with Crippen LogP contribution in [0.25, 0.3) is 0 Å². The number of hydrogen-bond acceptors (Lipinski definition) is 2. The Kier molecular flexibility index (Phi) is 3.13. The van der Waals surface area contributed by atoms with Gasteiger partial charge in [0.25, 0.3) is 0 Å². The summed E-state index contributed by atoms with van der Waals surface area (Å²) in [5, 5.41) is 1.31. The Morgan fingerprint density at radius 1 is 1.38 bits per heavy atom. The van der Waals surface area contributed by atoms with E-state index in [1.165, 1.54) is 23.0 Å². The Bertz CT molecular complexity index is 57.5. The molecule has 0 N–H and O–H groups in total. The van der Waals surface area contributed by atoms with Crippen molar-refractivity contribution in [2.24, 2.45) is 0 Å². The monoisotopic (exact) mass is 147 g/mol. The van der Waals surface area contributed by atoms with Gasteiger partial charge in [0, 0.05) is 16.6 Å². The van der Waals surface area contributed by atoms with Crippen molar-refractivity contribution in [3.8, 4) is 0 Å². The van der Waals surface area contributed by atoms with Crippen LogP contribution >= 0.6 is 23.5 Å². The molecule has 1 aliphatic heterocycles. The summed E-state index contributed by atoms with van der Waals surface area (Å²) < 4.78 is 0. The Balaban J connectivity index is 2.13. The second-order valence-electron chi connectivity index (χ2n) is 1.92. The molecule has 0 aliphatic carbocycles. The molecule has 1 heterocycles. The highest BCUT2D eigenvalue weighted by Crippen LogP contribution is 2.28. The summed E-state index contributed by atoms with van der Waals surface area (Å²) in [5.74, 6) is 4.37. The van der Waals surface area contributed by atoms with E-state index in [4.69, 9.17) is 0 Å². The van der Waals surface area contributed by atoms with Gasteiger partial charge in [0.2, 0.25) is 0 Å². The zero-order chi connectivity index (χ0) is 5.82. The lowest BCUT2D eigenvalue weighted by Crippen LogP contribution is -2.07. The van der Waals surface area contributed by atoms with E-state index in [9.17, 15) is 0 Å². The third-order valence-corrected chi connectivity index (χ3v) is 3.84. The van der Waals surface area contributed by atoms with Crippen molar-refractivity contribution in [1.29, 1.82) is 0 Å². The van der Waals surface area contributed by atoms with Gasteiger partial charge in [0.05, 0.1) is 0 Å². The quantitative estimate of drug-likeness (QED) is 0.558. The van der Waals surface area contributed by atoms with Crippen LogP contribution in [-0.4, -0.2) is 16.6 Å². The maximum Gasteiger partial charge on any atom is 0.0392 e. The molecule has 1 rings (SSSR count). The topological polar surface area (TPSA) is 0 Å². The van der Waals surface area contributed by atoms with Crippen LogP contribution in [0.5, 0.6) is 0 Å². The van der Waals surface area contributed by atoms with Crippen molar-refractivity contribution in [1.82, 2.24) is 0 Å². The summed E-state index contributed by atoms with van der Waals surface area (Å²) in [6.07, 6.45) is 1.29. The van der Waals surface area contributed by atoms with Crippen molar-refractivity contribution in [3.63, 3.8) is 0 Å². The molecule has 0 amide bonds. The molecular weight excluding hydrogens is 136 g/mol. The summed E-state index contributed by atoms with van der Waals surface area (Å²) in [7, 11) is 0. The average molecular weight is 147 g/mol. The first-order valence-electron chi connectivity index (χ1n) is 2.92. The van der Waals surface area contributed by atoms with Crippen LogP contribution < -0.4 is 0 Å². The molecule has 0 aromatic carbocycles. The average Bonchev–Trinajstić information content (AvgIpc) is 1.90. The second kappa shape index (κ2) is 3.67. The first-order valence-corrected chi connectivity index (χ1v) is 5.23. The van der Waals surface area contributed by atoms with Gasteiger partial charge in [-0.05, 0) is 12.3 Å². The number of hydrogen-bond donors (Lipinski definition) is 0. The van der Waals surface area contributed by atoms with Gasteiger partial charge in [0.15, 0.2) is 0 Å². The highest BCUT2D eigenvalue weighted by Gasteiger charge is 2.11. The molecule has 0 saturated carbocycles. The fourth-order valence-corrected chi connectivity index (χ4v) is 3.13. The fraction of sp³-hybridized carbons (Fsp3) is 0.833. The van der Waals surface area contributed by atoms with Crippen LogP contribution in [0.3, 0.4) is 0 Å². The van der Waals surface area contributed by atoms with E-state index in [0.29, 0.717) is 0 Å². The van der Waals surface area contributed by atoms with Crippen LogP contribution in [0.2, 0.25) is 0 Å². The Labute approximate surface area is 59.8 Å². The maximum absolute atomic E-state index is 2.25. The SMILES string of the molecule is CC[C]1CSCSC1. The molecule has 0 nitrogen and oxygen atoms in total. The van der Waals surface area contributed by atoms with E-state index in [1.54, 1.807) is 5.92 Å². The highest BCUT2D eigenvalue weighted by molar-refractivity contribution is 8.16. The van der Waals surface area contributed by atoms with Crippen LogP contribution in [0.4, 0.5) is 0 Å². The molecule has 0 bridgehead atoms. The first-order chi connectivity index (χ1) is 3.93. The van der Waals surface area contributed by atoms with Gasteiger partial charge in [-0.25, -0.2) is 0 Å². The summed E-state index contributed by atoms with van der Waals surface area (Å²) in [6, 6.07) is 0. The van der Waals surface area contributed by atoms with Crippen molar-refractivity contribution in [2.75, 3.05) is 16.6 Å². The molecule has 1 aliphatic rings. The molecule has 0 aromatic heterocycles. The second-order valence-corrected chi connectivity index (χ2v) is 4.25. The lowest BCUT2D eigenvalue weighted by Gasteiger charge is -2.17. The molecule has 0 unspecified atom stereocenters. The zero-order valence-electron chi connectivity index (χ0n) is 5.14. The lowest BCUT2D eigenvalue weighted by atomic mass is 10.2. The van der Waals surface area contributed by atoms with Crippen molar-refractivity contribution >= 4 is 23.5 Å². The largest absolute Gasteiger partial charge is 0.150 e. The lowest BCUT2D eigenvalue weighted by molar-refractivity contribution is 0.939. The normalized spacial score (nSPS) is 23.6. The van der Waals surface area contributed by atoms with E-state index in [1.807, 2.05) is 0 Å². The van der Waals surface area contributed by atoms with Crippen LogP contribution in [-0.2, 0) is 0 Å². The van der Waals surface area contributed by atoms with Crippen LogP contribution in [0, 0.1) is 5.92 Å². The van der Waals surface area contributed by atoms with Gasteiger partial charge in [-0.15, -0.1) is 0 Å². The minimum Gasteiger partial charge on any atom is -0.150 e. The molecule has 1 saturated heterocycles. The molecule has 47 valence electrons. The molecule has 0 atom stereocenters. The van der Waals surface area contributed by atoms with Gasteiger partial charge in [-0.2, -0.15) is 23.5 Å². The molecule has 0 spiro atoms. The molecule has 1 fully saturated rings.